The highest BCUT2D eigenvalue weighted by atomic mass is 35.5. The molecule has 1 aromatic carbocycles. The number of nitrogens with zero attached hydrogens (tertiary/aromatic N) is 1. The van der Waals surface area contributed by atoms with Crippen LogP contribution in [0, 0.1) is 10.1 Å². The molecule has 1 aromatic rings. The van der Waals surface area contributed by atoms with Gasteiger partial charge in [-0.3, -0.25) is 14.9 Å². The summed E-state index contributed by atoms with van der Waals surface area (Å²) in [6.07, 6.45) is 0. The SMILES string of the molecule is CCSCC(C)NC(=O)c1ccc([N+](=O)[O-])c(Cl)c1. The van der Waals surface area contributed by atoms with E-state index in [1.165, 1.54) is 18.2 Å². The van der Waals surface area contributed by atoms with Gasteiger partial charge in [-0.1, -0.05) is 18.5 Å². The van der Waals surface area contributed by atoms with Crippen LogP contribution in [-0.2, 0) is 0 Å². The second-order valence-corrected chi connectivity index (χ2v) is 5.68. The maximum absolute atomic E-state index is 11.9. The number of nitro groups is 1. The highest BCUT2D eigenvalue weighted by molar-refractivity contribution is 7.99. The largest absolute Gasteiger partial charge is 0.349 e. The van der Waals surface area contributed by atoms with Crippen LogP contribution in [0.5, 0.6) is 0 Å². The van der Waals surface area contributed by atoms with Crippen molar-refractivity contribution in [2.24, 2.45) is 0 Å². The third kappa shape index (κ3) is 4.72. The van der Waals surface area contributed by atoms with E-state index in [1.807, 2.05) is 6.92 Å². The Kier molecular flexibility index (Phi) is 6.11. The maximum Gasteiger partial charge on any atom is 0.287 e. The second-order valence-electron chi connectivity index (χ2n) is 3.96. The molecule has 7 heteroatoms. The predicted octanol–water partition coefficient (Wildman–Crippen LogP) is 3.12. The van der Waals surface area contributed by atoms with Crippen LogP contribution >= 0.6 is 23.4 Å². The molecule has 0 saturated carbocycles. The summed E-state index contributed by atoms with van der Waals surface area (Å²) in [7, 11) is 0. The van der Waals surface area contributed by atoms with Crippen LogP contribution in [0.15, 0.2) is 18.2 Å². The van der Waals surface area contributed by atoms with Crippen molar-refractivity contribution < 1.29 is 9.72 Å². The Morgan fingerprint density at radius 3 is 2.79 bits per heavy atom. The molecule has 0 bridgehead atoms. The number of benzene rings is 1. The quantitative estimate of drug-likeness (QED) is 0.647. The van der Waals surface area contributed by atoms with Gasteiger partial charge in [0, 0.05) is 23.4 Å². The summed E-state index contributed by atoms with van der Waals surface area (Å²) in [6.45, 7) is 3.96. The molecular weight excluding hydrogens is 288 g/mol. The number of thioether (sulfide) groups is 1. The summed E-state index contributed by atoms with van der Waals surface area (Å²) in [5.74, 6) is 1.54. The molecule has 0 saturated heterocycles. The Morgan fingerprint density at radius 1 is 1.58 bits per heavy atom. The zero-order chi connectivity index (χ0) is 14.4. The number of nitro benzene ring substituents is 1. The number of hydrogen-bond acceptors (Lipinski definition) is 4. The van der Waals surface area contributed by atoms with Crippen LogP contribution in [-0.4, -0.2) is 28.4 Å². The Bertz CT molecular complexity index is 482. The van der Waals surface area contributed by atoms with Gasteiger partial charge in [0.05, 0.1) is 4.92 Å². The van der Waals surface area contributed by atoms with E-state index in [4.69, 9.17) is 11.6 Å². The minimum Gasteiger partial charge on any atom is -0.349 e. The molecule has 5 nitrogen and oxygen atoms in total. The van der Waals surface area contributed by atoms with Gasteiger partial charge >= 0.3 is 0 Å². The van der Waals surface area contributed by atoms with E-state index in [9.17, 15) is 14.9 Å². The van der Waals surface area contributed by atoms with Crippen molar-refractivity contribution in [2.45, 2.75) is 19.9 Å². The predicted molar refractivity (Wildman–Crippen MR) is 78.0 cm³/mol. The van der Waals surface area contributed by atoms with Crippen LogP contribution in [0.4, 0.5) is 5.69 Å². The zero-order valence-electron chi connectivity index (χ0n) is 10.7. The third-order valence-electron chi connectivity index (χ3n) is 2.36. The number of rotatable bonds is 6. The van der Waals surface area contributed by atoms with E-state index in [1.54, 1.807) is 11.8 Å². The van der Waals surface area contributed by atoms with Gasteiger partial charge in [-0.25, -0.2) is 0 Å². The Balaban J connectivity index is 2.72. The molecule has 104 valence electrons. The molecule has 0 radical (unpaired) electrons. The van der Waals surface area contributed by atoms with Crippen molar-refractivity contribution in [3.8, 4) is 0 Å². The molecule has 0 aliphatic carbocycles. The standard InChI is InChI=1S/C12H15ClN2O3S/c1-3-19-7-8(2)14-12(16)9-4-5-11(15(17)18)10(13)6-9/h4-6,8H,3,7H2,1-2H3,(H,14,16). The first-order valence-electron chi connectivity index (χ1n) is 5.78. The Labute approximate surface area is 120 Å². The fourth-order valence-electron chi connectivity index (χ4n) is 1.44. The lowest BCUT2D eigenvalue weighted by Gasteiger charge is -2.13. The molecule has 0 spiro atoms. The van der Waals surface area contributed by atoms with Crippen molar-refractivity contribution in [1.82, 2.24) is 5.32 Å². The molecule has 1 N–H and O–H groups in total. The Morgan fingerprint density at radius 2 is 2.26 bits per heavy atom. The van der Waals surface area contributed by atoms with Gasteiger partial charge in [-0.05, 0) is 24.8 Å². The lowest BCUT2D eigenvalue weighted by atomic mass is 10.2. The van der Waals surface area contributed by atoms with Crippen LogP contribution in [0.1, 0.15) is 24.2 Å². The second kappa shape index (κ2) is 7.35. The van der Waals surface area contributed by atoms with Crippen molar-refractivity contribution in [2.75, 3.05) is 11.5 Å². The van der Waals surface area contributed by atoms with Crippen LogP contribution in [0.25, 0.3) is 0 Å². The molecule has 0 aliphatic rings. The van der Waals surface area contributed by atoms with E-state index in [2.05, 4.69) is 12.2 Å². The van der Waals surface area contributed by atoms with Gasteiger partial charge < -0.3 is 5.32 Å². The number of carbonyl (C=O) groups excluding carboxylic acids is 1. The minimum absolute atomic E-state index is 0.0337. The summed E-state index contributed by atoms with van der Waals surface area (Å²) in [4.78, 5) is 21.9. The van der Waals surface area contributed by atoms with Gasteiger partial charge in [0.25, 0.3) is 11.6 Å². The van der Waals surface area contributed by atoms with Crippen LogP contribution in [0.3, 0.4) is 0 Å². The van der Waals surface area contributed by atoms with Gasteiger partial charge in [0.2, 0.25) is 0 Å². The molecule has 0 aliphatic heterocycles. The topological polar surface area (TPSA) is 72.2 Å². The monoisotopic (exact) mass is 302 g/mol. The fraction of sp³-hybridized carbons (Fsp3) is 0.417. The number of amides is 1. The van der Waals surface area contributed by atoms with Crippen molar-refractivity contribution in [3.05, 3.63) is 38.9 Å². The molecule has 0 heterocycles. The van der Waals surface area contributed by atoms with E-state index in [-0.39, 0.29) is 22.7 Å². The molecule has 1 unspecified atom stereocenters. The maximum atomic E-state index is 11.9. The van der Waals surface area contributed by atoms with Gasteiger partial charge in [-0.2, -0.15) is 11.8 Å². The summed E-state index contributed by atoms with van der Waals surface area (Å²) in [5, 5.41) is 13.4. The molecule has 1 atom stereocenters. The number of halogens is 1. The van der Waals surface area contributed by atoms with Gasteiger partial charge in [-0.15, -0.1) is 0 Å². The summed E-state index contributed by atoms with van der Waals surface area (Å²) in [6, 6.07) is 3.99. The lowest BCUT2D eigenvalue weighted by Crippen LogP contribution is -2.34. The molecule has 1 amide bonds. The smallest absolute Gasteiger partial charge is 0.287 e. The van der Waals surface area contributed by atoms with E-state index in [0.717, 1.165) is 11.5 Å². The van der Waals surface area contributed by atoms with Crippen molar-refractivity contribution in [1.29, 1.82) is 0 Å². The average Bonchev–Trinajstić information content (AvgIpc) is 2.35. The summed E-state index contributed by atoms with van der Waals surface area (Å²) >= 11 is 7.50. The van der Waals surface area contributed by atoms with Gasteiger partial charge in [0.15, 0.2) is 0 Å². The Hall–Kier alpha value is -1.27. The van der Waals surface area contributed by atoms with Crippen LogP contribution in [0.2, 0.25) is 5.02 Å². The van der Waals surface area contributed by atoms with E-state index < -0.39 is 4.92 Å². The third-order valence-corrected chi connectivity index (χ3v) is 3.80. The number of hydrogen-bond donors (Lipinski definition) is 1. The first kappa shape index (κ1) is 15.8. The van der Waals surface area contributed by atoms with Crippen LogP contribution < -0.4 is 5.32 Å². The van der Waals surface area contributed by atoms with E-state index >= 15 is 0 Å². The zero-order valence-corrected chi connectivity index (χ0v) is 12.3. The summed E-state index contributed by atoms with van der Waals surface area (Å²) < 4.78 is 0. The first-order chi connectivity index (χ1) is 8.95. The summed E-state index contributed by atoms with van der Waals surface area (Å²) in [5.41, 5.74) is 0.122. The highest BCUT2D eigenvalue weighted by Gasteiger charge is 2.16. The molecule has 0 fully saturated rings. The highest BCUT2D eigenvalue weighted by Crippen LogP contribution is 2.24. The first-order valence-corrected chi connectivity index (χ1v) is 7.31. The van der Waals surface area contributed by atoms with Crippen molar-refractivity contribution >= 4 is 35.0 Å². The number of nitrogens with one attached hydrogen (secondary N) is 1. The molecule has 19 heavy (non-hydrogen) atoms. The lowest BCUT2D eigenvalue weighted by molar-refractivity contribution is -0.384. The fourth-order valence-corrected chi connectivity index (χ4v) is 2.36. The van der Waals surface area contributed by atoms with E-state index in [0.29, 0.717) is 5.56 Å². The normalized spacial score (nSPS) is 11.9. The average molecular weight is 303 g/mol. The number of carbonyl (C=O) groups is 1. The molecular formula is C12H15ClN2O3S. The van der Waals surface area contributed by atoms with Crippen molar-refractivity contribution in [3.63, 3.8) is 0 Å². The minimum atomic E-state index is -0.579. The van der Waals surface area contributed by atoms with Gasteiger partial charge in [0.1, 0.15) is 5.02 Å². The molecule has 1 rings (SSSR count). The molecule has 0 aromatic heterocycles.